The molecule has 0 aromatic heterocycles. The molecule has 126 valence electrons. The van der Waals surface area contributed by atoms with E-state index < -0.39 is 23.4 Å². The molecule has 0 unspecified atom stereocenters. The third-order valence-corrected chi connectivity index (χ3v) is 4.11. The van der Waals surface area contributed by atoms with Crippen molar-refractivity contribution in [3.05, 3.63) is 59.4 Å². The maximum absolute atomic E-state index is 13.8. The quantitative estimate of drug-likeness (QED) is 0.805. The Hall–Kier alpha value is -2.57. The monoisotopic (exact) mass is 340 g/mol. The maximum atomic E-state index is 13.8. The van der Waals surface area contributed by atoms with Crippen molar-refractivity contribution in [3.63, 3.8) is 0 Å². The molecule has 0 saturated heterocycles. The van der Waals surface area contributed by atoms with Gasteiger partial charge in [-0.05, 0) is 48.7 Å². The summed E-state index contributed by atoms with van der Waals surface area (Å²) >= 11 is 0. The smallest absolute Gasteiger partial charge is 0.398 e. The summed E-state index contributed by atoms with van der Waals surface area (Å²) < 4.78 is 58.2. The predicted molar refractivity (Wildman–Crippen MR) is 76.8 cm³/mol. The molecule has 3 rings (SSSR count). The van der Waals surface area contributed by atoms with E-state index >= 15 is 0 Å². The Bertz CT molecular complexity index is 777. The van der Waals surface area contributed by atoms with Gasteiger partial charge in [0.25, 0.3) is 0 Å². The number of aromatic carboxylic acids is 1. The van der Waals surface area contributed by atoms with E-state index in [1.165, 1.54) is 30.3 Å². The van der Waals surface area contributed by atoms with Crippen molar-refractivity contribution in [3.8, 4) is 11.5 Å². The highest BCUT2D eigenvalue weighted by Gasteiger charge is 2.64. The van der Waals surface area contributed by atoms with Gasteiger partial charge in [0.05, 0.1) is 11.0 Å². The number of benzene rings is 2. The molecular weight excluding hydrogens is 328 g/mol. The molecule has 2 aromatic rings. The lowest BCUT2D eigenvalue weighted by Gasteiger charge is -2.19. The Labute approximate surface area is 134 Å². The molecule has 0 amide bonds. The Morgan fingerprint density at radius 2 is 1.71 bits per heavy atom. The van der Waals surface area contributed by atoms with Gasteiger partial charge >= 0.3 is 12.1 Å². The zero-order chi connectivity index (χ0) is 17.5. The minimum absolute atomic E-state index is 0.0575. The van der Waals surface area contributed by atoms with Gasteiger partial charge in [-0.1, -0.05) is 12.1 Å². The van der Waals surface area contributed by atoms with Crippen molar-refractivity contribution in [1.82, 2.24) is 0 Å². The van der Waals surface area contributed by atoms with E-state index in [1.54, 1.807) is 0 Å². The molecule has 0 aliphatic heterocycles. The van der Waals surface area contributed by atoms with Crippen molar-refractivity contribution in [2.24, 2.45) is 0 Å². The topological polar surface area (TPSA) is 46.5 Å². The maximum Gasteiger partial charge on any atom is 0.398 e. The SMILES string of the molecule is O=C(O)c1ccc(Oc2ccc(C3(C(F)(F)F)CC3)cc2)c(F)c1. The molecule has 0 spiro atoms. The minimum atomic E-state index is -4.30. The zero-order valence-corrected chi connectivity index (χ0v) is 12.2. The number of halogens is 4. The first-order valence-corrected chi connectivity index (χ1v) is 7.11. The molecular formula is C17H12F4O3. The van der Waals surface area contributed by atoms with Crippen LogP contribution in [-0.4, -0.2) is 17.3 Å². The lowest BCUT2D eigenvalue weighted by Crippen LogP contribution is -2.28. The van der Waals surface area contributed by atoms with Crippen LogP contribution >= 0.6 is 0 Å². The van der Waals surface area contributed by atoms with Gasteiger partial charge in [-0.3, -0.25) is 0 Å². The van der Waals surface area contributed by atoms with E-state index in [0.717, 1.165) is 12.1 Å². The number of hydrogen-bond donors (Lipinski definition) is 1. The fourth-order valence-corrected chi connectivity index (χ4v) is 2.55. The number of carboxylic acid groups (broad SMARTS) is 1. The third-order valence-electron chi connectivity index (χ3n) is 4.11. The van der Waals surface area contributed by atoms with Crippen LogP contribution in [0.4, 0.5) is 17.6 Å². The van der Waals surface area contributed by atoms with Crippen LogP contribution in [-0.2, 0) is 5.41 Å². The van der Waals surface area contributed by atoms with Gasteiger partial charge in [-0.15, -0.1) is 0 Å². The first-order chi connectivity index (χ1) is 11.2. The van der Waals surface area contributed by atoms with Crippen LogP contribution in [0.5, 0.6) is 11.5 Å². The lowest BCUT2D eigenvalue weighted by molar-refractivity contribution is -0.160. The molecule has 3 nitrogen and oxygen atoms in total. The second kappa shape index (κ2) is 5.51. The van der Waals surface area contributed by atoms with Crippen LogP contribution in [0.2, 0.25) is 0 Å². The average molecular weight is 340 g/mol. The van der Waals surface area contributed by atoms with Crippen molar-refractivity contribution >= 4 is 5.97 Å². The van der Waals surface area contributed by atoms with Gasteiger partial charge in [0, 0.05) is 0 Å². The summed E-state index contributed by atoms with van der Waals surface area (Å²) in [5.74, 6) is -2.18. The van der Waals surface area contributed by atoms with Crippen LogP contribution in [0.1, 0.15) is 28.8 Å². The highest BCUT2D eigenvalue weighted by molar-refractivity contribution is 5.87. The lowest BCUT2D eigenvalue weighted by atomic mass is 9.95. The van der Waals surface area contributed by atoms with E-state index in [1.807, 2.05) is 0 Å². The molecule has 1 saturated carbocycles. The van der Waals surface area contributed by atoms with E-state index in [-0.39, 0.29) is 35.5 Å². The number of rotatable bonds is 4. The zero-order valence-electron chi connectivity index (χ0n) is 12.2. The van der Waals surface area contributed by atoms with Gasteiger partial charge in [0.2, 0.25) is 0 Å². The fourth-order valence-electron chi connectivity index (χ4n) is 2.55. The summed E-state index contributed by atoms with van der Waals surface area (Å²) in [7, 11) is 0. The number of alkyl halides is 3. The Balaban J connectivity index is 1.79. The summed E-state index contributed by atoms with van der Waals surface area (Å²) in [6, 6.07) is 8.47. The van der Waals surface area contributed by atoms with E-state index in [9.17, 15) is 22.4 Å². The van der Waals surface area contributed by atoms with Gasteiger partial charge in [0.1, 0.15) is 5.75 Å². The standard InChI is InChI=1S/C17H12F4O3/c18-13-9-10(15(22)23)1-6-14(13)24-12-4-2-11(3-5-12)16(7-8-16)17(19,20)21/h1-6,9H,7-8H2,(H,22,23). The Morgan fingerprint density at radius 3 is 2.17 bits per heavy atom. The molecule has 0 radical (unpaired) electrons. The van der Waals surface area contributed by atoms with Crippen LogP contribution < -0.4 is 4.74 Å². The van der Waals surface area contributed by atoms with Crippen molar-refractivity contribution in [1.29, 1.82) is 0 Å². The molecule has 1 aliphatic rings. The van der Waals surface area contributed by atoms with Crippen molar-refractivity contribution in [2.45, 2.75) is 24.4 Å². The highest BCUT2D eigenvalue weighted by atomic mass is 19.4. The summed E-state index contributed by atoms with van der Waals surface area (Å²) in [5, 5.41) is 8.77. The summed E-state index contributed by atoms with van der Waals surface area (Å²) in [4.78, 5) is 10.7. The van der Waals surface area contributed by atoms with Crippen LogP contribution in [0.3, 0.4) is 0 Å². The largest absolute Gasteiger partial charge is 0.478 e. The van der Waals surface area contributed by atoms with Gasteiger partial charge in [0.15, 0.2) is 11.6 Å². The molecule has 0 atom stereocenters. The van der Waals surface area contributed by atoms with Crippen LogP contribution in [0, 0.1) is 5.82 Å². The number of hydrogen-bond acceptors (Lipinski definition) is 2. The molecule has 0 bridgehead atoms. The molecule has 7 heteroatoms. The molecule has 24 heavy (non-hydrogen) atoms. The number of carboxylic acids is 1. The molecule has 1 aliphatic carbocycles. The summed E-state index contributed by atoms with van der Waals surface area (Å²) in [6.07, 6.45) is -4.18. The second-order valence-corrected chi connectivity index (χ2v) is 5.66. The normalized spacial score (nSPS) is 15.8. The Morgan fingerprint density at radius 1 is 1.08 bits per heavy atom. The summed E-state index contributed by atoms with van der Waals surface area (Å²) in [5.41, 5.74) is -1.85. The second-order valence-electron chi connectivity index (χ2n) is 5.66. The first kappa shape index (κ1) is 16.3. The molecule has 1 N–H and O–H groups in total. The summed E-state index contributed by atoms with van der Waals surface area (Å²) in [6.45, 7) is 0. The van der Waals surface area contributed by atoms with Crippen LogP contribution in [0.15, 0.2) is 42.5 Å². The van der Waals surface area contributed by atoms with Crippen LogP contribution in [0.25, 0.3) is 0 Å². The average Bonchev–Trinajstić information content (AvgIpc) is 3.31. The van der Waals surface area contributed by atoms with Gasteiger partial charge < -0.3 is 9.84 Å². The highest BCUT2D eigenvalue weighted by Crippen LogP contribution is 2.58. The first-order valence-electron chi connectivity index (χ1n) is 7.11. The van der Waals surface area contributed by atoms with Crippen molar-refractivity contribution in [2.75, 3.05) is 0 Å². The molecule has 1 fully saturated rings. The van der Waals surface area contributed by atoms with Gasteiger partial charge in [-0.25, -0.2) is 9.18 Å². The molecule has 2 aromatic carbocycles. The van der Waals surface area contributed by atoms with Crippen molar-refractivity contribution < 1.29 is 32.2 Å². The van der Waals surface area contributed by atoms with E-state index in [0.29, 0.717) is 0 Å². The van der Waals surface area contributed by atoms with E-state index in [2.05, 4.69) is 0 Å². The number of ether oxygens (including phenoxy) is 1. The molecule has 0 heterocycles. The number of carbonyl (C=O) groups is 1. The van der Waals surface area contributed by atoms with Gasteiger partial charge in [-0.2, -0.15) is 13.2 Å². The minimum Gasteiger partial charge on any atom is -0.478 e. The fraction of sp³-hybridized carbons (Fsp3) is 0.235. The third kappa shape index (κ3) is 2.81. The predicted octanol–water partition coefficient (Wildman–Crippen LogP) is 4.91. The Kier molecular flexibility index (Phi) is 3.74. The van der Waals surface area contributed by atoms with E-state index in [4.69, 9.17) is 9.84 Å².